The maximum atomic E-state index is 11.9. The average molecular weight is 371 g/mol. The van der Waals surface area contributed by atoms with Gasteiger partial charge >= 0.3 is 0 Å². The molecule has 1 amide bonds. The fourth-order valence-corrected chi connectivity index (χ4v) is 2.78. The summed E-state index contributed by atoms with van der Waals surface area (Å²) >= 11 is 0. The largest absolute Gasteiger partial charge is 0.497 e. The molecule has 1 fully saturated rings. The molecule has 0 radical (unpaired) electrons. The summed E-state index contributed by atoms with van der Waals surface area (Å²) in [7, 11) is 1.64. The first-order valence-corrected chi connectivity index (χ1v) is 9.00. The Balaban J connectivity index is 1.50. The monoisotopic (exact) mass is 371 g/mol. The van der Waals surface area contributed by atoms with Crippen LogP contribution in [0.4, 0.5) is 17.5 Å². The van der Waals surface area contributed by atoms with Crippen LogP contribution in [0, 0.1) is 12.8 Å². The summed E-state index contributed by atoms with van der Waals surface area (Å²) in [4.78, 5) is 20.8. The van der Waals surface area contributed by atoms with Crippen LogP contribution in [0.25, 0.3) is 0 Å². The highest BCUT2D eigenvalue weighted by atomic mass is 16.5. The summed E-state index contributed by atoms with van der Waals surface area (Å²) in [5.41, 5.74) is 1.75. The molecule has 144 valence electrons. The van der Waals surface area contributed by atoms with Crippen molar-refractivity contribution in [3.05, 3.63) is 36.0 Å². The number of carbonyl (C=O) groups is 1. The Bertz CT molecular complexity index is 760. The molecule has 0 bridgehead atoms. The molecule has 1 unspecified atom stereocenters. The standard InChI is InChI=1S/C19H25N5O3/c1-13-11-17(23-15-3-5-16(26-2)6-4-15)24-19(22-13)21-9-8-20-18(25)14-7-10-27-12-14/h3-6,11,14H,7-10,12H2,1-2H3,(H,20,25)(H2,21,22,23,24). The second-order valence-electron chi connectivity index (χ2n) is 6.35. The average Bonchev–Trinajstić information content (AvgIpc) is 3.20. The van der Waals surface area contributed by atoms with E-state index in [0.29, 0.717) is 38.1 Å². The van der Waals surface area contributed by atoms with Crippen molar-refractivity contribution in [3.8, 4) is 5.75 Å². The number of benzene rings is 1. The van der Waals surface area contributed by atoms with Crippen LogP contribution in [0.3, 0.4) is 0 Å². The van der Waals surface area contributed by atoms with Crippen LogP contribution in [0.1, 0.15) is 12.1 Å². The van der Waals surface area contributed by atoms with Gasteiger partial charge in [0.15, 0.2) is 0 Å². The molecule has 3 N–H and O–H groups in total. The number of amides is 1. The zero-order valence-electron chi connectivity index (χ0n) is 15.6. The Morgan fingerprint density at radius 1 is 1.26 bits per heavy atom. The van der Waals surface area contributed by atoms with E-state index in [1.54, 1.807) is 7.11 Å². The minimum absolute atomic E-state index is 0.0273. The molecule has 1 aliphatic rings. The van der Waals surface area contributed by atoms with Crippen LogP contribution >= 0.6 is 0 Å². The van der Waals surface area contributed by atoms with Gasteiger partial charge in [0.25, 0.3) is 0 Å². The summed E-state index contributed by atoms with van der Waals surface area (Å²) in [6.45, 7) is 4.14. The number of aromatic nitrogens is 2. The molecule has 0 aliphatic carbocycles. The molecular weight excluding hydrogens is 346 g/mol. The lowest BCUT2D eigenvalue weighted by Crippen LogP contribution is -2.34. The maximum absolute atomic E-state index is 11.9. The van der Waals surface area contributed by atoms with Crippen LogP contribution in [-0.4, -0.2) is 49.3 Å². The van der Waals surface area contributed by atoms with E-state index in [-0.39, 0.29) is 11.8 Å². The number of hydrogen-bond acceptors (Lipinski definition) is 7. The lowest BCUT2D eigenvalue weighted by molar-refractivity contribution is -0.124. The van der Waals surface area contributed by atoms with E-state index >= 15 is 0 Å². The van der Waals surface area contributed by atoms with Crippen LogP contribution < -0.4 is 20.7 Å². The van der Waals surface area contributed by atoms with Gasteiger partial charge in [0.05, 0.1) is 19.6 Å². The van der Waals surface area contributed by atoms with Crippen molar-refractivity contribution in [2.75, 3.05) is 44.0 Å². The zero-order valence-corrected chi connectivity index (χ0v) is 15.6. The van der Waals surface area contributed by atoms with Crippen molar-refractivity contribution >= 4 is 23.4 Å². The highest BCUT2D eigenvalue weighted by Gasteiger charge is 2.22. The number of nitrogens with one attached hydrogen (secondary N) is 3. The Hall–Kier alpha value is -2.87. The molecule has 1 aromatic heterocycles. The molecule has 2 aromatic rings. The molecule has 3 rings (SSSR count). The molecule has 27 heavy (non-hydrogen) atoms. The normalized spacial score (nSPS) is 16.0. The van der Waals surface area contributed by atoms with E-state index in [2.05, 4.69) is 25.9 Å². The lowest BCUT2D eigenvalue weighted by Gasteiger charge is -2.12. The number of nitrogens with zero attached hydrogens (tertiary/aromatic N) is 2. The number of carbonyl (C=O) groups excluding carboxylic acids is 1. The summed E-state index contributed by atoms with van der Waals surface area (Å²) in [5.74, 6) is 2.03. The van der Waals surface area contributed by atoms with E-state index in [0.717, 1.165) is 23.6 Å². The number of ether oxygens (including phenoxy) is 2. The Kier molecular flexibility index (Phi) is 6.43. The van der Waals surface area contributed by atoms with Crippen molar-refractivity contribution < 1.29 is 14.3 Å². The van der Waals surface area contributed by atoms with Crippen molar-refractivity contribution in [1.82, 2.24) is 15.3 Å². The summed E-state index contributed by atoms with van der Waals surface area (Å²) in [6, 6.07) is 9.48. The summed E-state index contributed by atoms with van der Waals surface area (Å²) in [5, 5.41) is 9.31. The van der Waals surface area contributed by atoms with Crippen molar-refractivity contribution in [2.45, 2.75) is 13.3 Å². The zero-order chi connectivity index (χ0) is 19.1. The second kappa shape index (κ2) is 9.18. The predicted octanol–water partition coefficient (Wildman–Crippen LogP) is 2.10. The Morgan fingerprint density at radius 3 is 2.78 bits per heavy atom. The first-order valence-electron chi connectivity index (χ1n) is 9.00. The third-order valence-electron chi connectivity index (χ3n) is 4.22. The third-order valence-corrected chi connectivity index (χ3v) is 4.22. The van der Waals surface area contributed by atoms with Crippen LogP contribution in [0.15, 0.2) is 30.3 Å². The maximum Gasteiger partial charge on any atom is 0.225 e. The van der Waals surface area contributed by atoms with Gasteiger partial charge in [0.2, 0.25) is 11.9 Å². The molecule has 8 nitrogen and oxygen atoms in total. The second-order valence-corrected chi connectivity index (χ2v) is 6.35. The van der Waals surface area contributed by atoms with Crippen molar-refractivity contribution in [2.24, 2.45) is 5.92 Å². The van der Waals surface area contributed by atoms with Gasteiger partial charge in [-0.2, -0.15) is 4.98 Å². The Labute approximate surface area is 158 Å². The lowest BCUT2D eigenvalue weighted by atomic mass is 10.1. The quantitative estimate of drug-likeness (QED) is 0.611. The van der Waals surface area contributed by atoms with Gasteiger partial charge in [-0.3, -0.25) is 4.79 Å². The van der Waals surface area contributed by atoms with Crippen molar-refractivity contribution in [3.63, 3.8) is 0 Å². The highest BCUT2D eigenvalue weighted by Crippen LogP contribution is 2.20. The number of hydrogen-bond donors (Lipinski definition) is 3. The molecule has 1 atom stereocenters. The van der Waals surface area contributed by atoms with E-state index in [4.69, 9.17) is 9.47 Å². The van der Waals surface area contributed by atoms with Crippen LogP contribution in [-0.2, 0) is 9.53 Å². The van der Waals surface area contributed by atoms with Gasteiger partial charge in [-0.15, -0.1) is 0 Å². The summed E-state index contributed by atoms with van der Waals surface area (Å²) < 4.78 is 10.4. The fourth-order valence-electron chi connectivity index (χ4n) is 2.78. The van der Waals surface area contributed by atoms with Gasteiger partial charge in [-0.05, 0) is 37.6 Å². The van der Waals surface area contributed by atoms with Gasteiger partial charge in [-0.1, -0.05) is 0 Å². The molecule has 8 heteroatoms. The van der Waals surface area contributed by atoms with Gasteiger partial charge in [0, 0.05) is 37.1 Å². The molecule has 1 aromatic carbocycles. The molecular formula is C19H25N5O3. The first kappa shape index (κ1) is 18.9. The van der Waals surface area contributed by atoms with Gasteiger partial charge in [-0.25, -0.2) is 4.98 Å². The number of methoxy groups -OCH3 is 1. The highest BCUT2D eigenvalue weighted by molar-refractivity contribution is 5.79. The van der Waals surface area contributed by atoms with E-state index < -0.39 is 0 Å². The molecule has 2 heterocycles. The minimum Gasteiger partial charge on any atom is -0.497 e. The topological polar surface area (TPSA) is 97.4 Å². The predicted molar refractivity (Wildman–Crippen MR) is 103 cm³/mol. The number of rotatable bonds is 8. The van der Waals surface area contributed by atoms with Gasteiger partial charge in [0.1, 0.15) is 11.6 Å². The Morgan fingerprint density at radius 2 is 2.07 bits per heavy atom. The van der Waals surface area contributed by atoms with E-state index in [9.17, 15) is 4.79 Å². The number of aryl methyl sites for hydroxylation is 1. The minimum atomic E-state index is -0.0273. The first-order chi connectivity index (χ1) is 13.1. The van der Waals surface area contributed by atoms with Gasteiger partial charge < -0.3 is 25.4 Å². The van der Waals surface area contributed by atoms with E-state index in [1.807, 2.05) is 37.3 Å². The molecule has 1 saturated heterocycles. The summed E-state index contributed by atoms with van der Waals surface area (Å²) in [6.07, 6.45) is 0.792. The van der Waals surface area contributed by atoms with E-state index in [1.165, 1.54) is 0 Å². The third kappa shape index (κ3) is 5.55. The molecule has 0 spiro atoms. The number of anilines is 3. The van der Waals surface area contributed by atoms with Crippen LogP contribution in [0.5, 0.6) is 5.75 Å². The van der Waals surface area contributed by atoms with Crippen LogP contribution in [0.2, 0.25) is 0 Å². The van der Waals surface area contributed by atoms with Crippen molar-refractivity contribution in [1.29, 1.82) is 0 Å². The smallest absolute Gasteiger partial charge is 0.225 e. The SMILES string of the molecule is COc1ccc(Nc2cc(C)nc(NCCNC(=O)C3CCOC3)n2)cc1. The molecule has 1 aliphatic heterocycles. The fraction of sp³-hybridized carbons (Fsp3) is 0.421. The molecule has 0 saturated carbocycles.